The third-order valence-corrected chi connectivity index (χ3v) is 3.67. The first-order valence-electron chi connectivity index (χ1n) is 8.08. The minimum Gasteiger partial charge on any atom is -0.497 e. The zero-order chi connectivity index (χ0) is 17.2. The van der Waals surface area contributed by atoms with Gasteiger partial charge in [-0.15, -0.1) is 0 Å². The van der Waals surface area contributed by atoms with Crippen LogP contribution in [-0.4, -0.2) is 12.6 Å². The van der Waals surface area contributed by atoms with Crippen molar-refractivity contribution in [2.75, 3.05) is 12.4 Å². The number of para-hydroxylation sites is 1. The van der Waals surface area contributed by atoms with Gasteiger partial charge in [0.1, 0.15) is 11.3 Å². The molecule has 0 saturated carbocycles. The van der Waals surface area contributed by atoms with Crippen molar-refractivity contribution in [2.24, 2.45) is 0 Å². The van der Waals surface area contributed by atoms with E-state index in [0.717, 1.165) is 33.7 Å². The molecule has 3 nitrogen and oxygen atoms in total. The third kappa shape index (κ3) is 3.62. The molecule has 0 amide bonds. The van der Waals surface area contributed by atoms with Crippen LogP contribution in [0.4, 0.5) is 5.69 Å². The Labute approximate surface area is 142 Å². The molecule has 0 radical (unpaired) electrons. The Hall–Kier alpha value is -2.68. The van der Waals surface area contributed by atoms with E-state index < -0.39 is 0 Å². The molecular formula is C21H23NO2. The SMILES string of the molecule is COc1ccc(/C=C/c2oc3ccccc3c2NC(C)(C)C)cc1. The molecule has 0 aliphatic rings. The molecule has 1 heterocycles. The highest BCUT2D eigenvalue weighted by atomic mass is 16.5. The molecule has 0 spiro atoms. The lowest BCUT2D eigenvalue weighted by Crippen LogP contribution is -2.26. The normalized spacial score (nSPS) is 12.0. The van der Waals surface area contributed by atoms with Crippen LogP contribution in [-0.2, 0) is 0 Å². The van der Waals surface area contributed by atoms with E-state index >= 15 is 0 Å². The molecule has 3 aromatic rings. The Kier molecular flexibility index (Phi) is 4.34. The van der Waals surface area contributed by atoms with Crippen LogP contribution in [0.2, 0.25) is 0 Å². The lowest BCUT2D eigenvalue weighted by molar-refractivity contribution is 0.415. The molecule has 0 saturated heterocycles. The quantitative estimate of drug-likeness (QED) is 0.657. The smallest absolute Gasteiger partial charge is 0.151 e. The van der Waals surface area contributed by atoms with Crippen molar-refractivity contribution in [2.45, 2.75) is 26.3 Å². The first kappa shape index (κ1) is 16.2. The lowest BCUT2D eigenvalue weighted by Gasteiger charge is -2.21. The first-order valence-corrected chi connectivity index (χ1v) is 8.08. The summed E-state index contributed by atoms with van der Waals surface area (Å²) in [6.07, 6.45) is 4.06. The van der Waals surface area contributed by atoms with Gasteiger partial charge in [0, 0.05) is 10.9 Å². The van der Waals surface area contributed by atoms with Gasteiger partial charge in [0.15, 0.2) is 5.76 Å². The molecule has 2 aromatic carbocycles. The standard InChI is InChI=1S/C21H23NO2/c1-21(2,3)22-20-17-7-5-6-8-18(17)24-19(20)14-11-15-9-12-16(23-4)13-10-15/h5-14,22H,1-4H3/b14-11+. The highest BCUT2D eigenvalue weighted by Gasteiger charge is 2.17. The third-order valence-electron chi connectivity index (χ3n) is 3.67. The van der Waals surface area contributed by atoms with Crippen LogP contribution in [0.15, 0.2) is 52.9 Å². The summed E-state index contributed by atoms with van der Waals surface area (Å²) in [5, 5.41) is 4.66. The van der Waals surface area contributed by atoms with Crippen molar-refractivity contribution in [3.8, 4) is 5.75 Å². The number of anilines is 1. The maximum atomic E-state index is 6.04. The molecule has 3 heteroatoms. The van der Waals surface area contributed by atoms with Gasteiger partial charge in [-0.1, -0.05) is 30.3 Å². The number of rotatable bonds is 4. The summed E-state index contributed by atoms with van der Waals surface area (Å²) in [4.78, 5) is 0. The topological polar surface area (TPSA) is 34.4 Å². The van der Waals surface area contributed by atoms with E-state index in [9.17, 15) is 0 Å². The predicted molar refractivity (Wildman–Crippen MR) is 102 cm³/mol. The van der Waals surface area contributed by atoms with E-state index in [1.54, 1.807) is 7.11 Å². The summed E-state index contributed by atoms with van der Waals surface area (Å²) in [5.74, 6) is 1.69. The Morgan fingerprint density at radius 2 is 1.67 bits per heavy atom. The van der Waals surface area contributed by atoms with Crippen molar-refractivity contribution < 1.29 is 9.15 Å². The van der Waals surface area contributed by atoms with E-state index in [4.69, 9.17) is 9.15 Å². The van der Waals surface area contributed by atoms with E-state index in [-0.39, 0.29) is 5.54 Å². The number of hydrogen-bond donors (Lipinski definition) is 1. The summed E-state index contributed by atoms with van der Waals surface area (Å²) in [6.45, 7) is 6.43. The van der Waals surface area contributed by atoms with Crippen LogP contribution in [0, 0.1) is 0 Å². The van der Waals surface area contributed by atoms with Gasteiger partial charge >= 0.3 is 0 Å². The fourth-order valence-electron chi connectivity index (χ4n) is 2.57. The molecule has 0 unspecified atom stereocenters. The second-order valence-corrected chi connectivity index (χ2v) is 6.82. The molecule has 24 heavy (non-hydrogen) atoms. The van der Waals surface area contributed by atoms with Gasteiger partial charge in [-0.25, -0.2) is 0 Å². The molecule has 1 N–H and O–H groups in total. The largest absolute Gasteiger partial charge is 0.497 e. The minimum absolute atomic E-state index is 0.0463. The van der Waals surface area contributed by atoms with E-state index in [1.165, 1.54) is 0 Å². The number of fused-ring (bicyclic) bond motifs is 1. The van der Waals surface area contributed by atoms with Crippen molar-refractivity contribution in [1.29, 1.82) is 0 Å². The second kappa shape index (κ2) is 6.44. The van der Waals surface area contributed by atoms with Crippen LogP contribution in [0.3, 0.4) is 0 Å². The van der Waals surface area contributed by atoms with E-state index in [2.05, 4.69) is 32.2 Å². The minimum atomic E-state index is -0.0463. The van der Waals surface area contributed by atoms with Gasteiger partial charge in [-0.3, -0.25) is 0 Å². The summed E-state index contributed by atoms with van der Waals surface area (Å²) in [7, 11) is 1.67. The summed E-state index contributed by atoms with van der Waals surface area (Å²) >= 11 is 0. The van der Waals surface area contributed by atoms with Gasteiger partial charge < -0.3 is 14.5 Å². The zero-order valence-electron chi connectivity index (χ0n) is 14.6. The van der Waals surface area contributed by atoms with Crippen molar-refractivity contribution >= 4 is 28.8 Å². The van der Waals surface area contributed by atoms with Gasteiger partial charge in [-0.2, -0.15) is 0 Å². The number of nitrogens with one attached hydrogen (secondary N) is 1. The van der Waals surface area contributed by atoms with Crippen molar-refractivity contribution in [3.05, 3.63) is 59.9 Å². The maximum absolute atomic E-state index is 6.04. The number of benzene rings is 2. The summed E-state index contributed by atoms with van der Waals surface area (Å²) in [6, 6.07) is 16.0. The number of hydrogen-bond acceptors (Lipinski definition) is 3. The molecule has 0 aliphatic carbocycles. The Bertz CT molecular complexity index is 852. The number of methoxy groups -OCH3 is 1. The fourth-order valence-corrected chi connectivity index (χ4v) is 2.57. The fraction of sp³-hybridized carbons (Fsp3) is 0.238. The number of ether oxygens (including phenoxy) is 1. The highest BCUT2D eigenvalue weighted by molar-refractivity contribution is 5.96. The van der Waals surface area contributed by atoms with Gasteiger partial charge in [0.2, 0.25) is 0 Å². The van der Waals surface area contributed by atoms with E-state index in [1.807, 2.05) is 54.6 Å². The molecule has 1 aromatic heterocycles. The van der Waals surface area contributed by atoms with Crippen molar-refractivity contribution in [1.82, 2.24) is 0 Å². The van der Waals surface area contributed by atoms with Crippen LogP contribution in [0.25, 0.3) is 23.1 Å². The average Bonchev–Trinajstić information content (AvgIpc) is 2.90. The van der Waals surface area contributed by atoms with Crippen LogP contribution < -0.4 is 10.1 Å². The Morgan fingerprint density at radius 1 is 0.958 bits per heavy atom. The Balaban J connectivity index is 1.98. The lowest BCUT2D eigenvalue weighted by atomic mass is 10.1. The van der Waals surface area contributed by atoms with Crippen molar-refractivity contribution in [3.63, 3.8) is 0 Å². The van der Waals surface area contributed by atoms with Crippen LogP contribution in [0.1, 0.15) is 32.1 Å². The second-order valence-electron chi connectivity index (χ2n) is 6.82. The molecule has 0 atom stereocenters. The van der Waals surface area contributed by atoms with Gasteiger partial charge in [0.25, 0.3) is 0 Å². The molecule has 0 fully saturated rings. The summed E-state index contributed by atoms with van der Waals surface area (Å²) in [5.41, 5.74) is 2.97. The van der Waals surface area contributed by atoms with Crippen LogP contribution >= 0.6 is 0 Å². The van der Waals surface area contributed by atoms with Gasteiger partial charge in [-0.05, 0) is 56.7 Å². The molecule has 0 aliphatic heterocycles. The highest BCUT2D eigenvalue weighted by Crippen LogP contribution is 2.34. The van der Waals surface area contributed by atoms with E-state index in [0.29, 0.717) is 0 Å². The molecule has 0 bridgehead atoms. The number of furan rings is 1. The maximum Gasteiger partial charge on any atom is 0.151 e. The first-order chi connectivity index (χ1) is 11.5. The molecular weight excluding hydrogens is 298 g/mol. The van der Waals surface area contributed by atoms with Crippen LogP contribution in [0.5, 0.6) is 5.75 Å². The molecule has 3 rings (SSSR count). The molecule has 124 valence electrons. The Morgan fingerprint density at radius 3 is 2.33 bits per heavy atom. The monoisotopic (exact) mass is 321 g/mol. The predicted octanol–water partition coefficient (Wildman–Crippen LogP) is 5.82. The summed E-state index contributed by atoms with van der Waals surface area (Å²) < 4.78 is 11.2. The zero-order valence-corrected chi connectivity index (χ0v) is 14.6. The average molecular weight is 321 g/mol. The van der Waals surface area contributed by atoms with Gasteiger partial charge in [0.05, 0.1) is 12.8 Å².